The molecule has 0 fully saturated rings. The number of rotatable bonds is 4. The van der Waals surface area contributed by atoms with Crippen molar-refractivity contribution < 1.29 is 0 Å². The lowest BCUT2D eigenvalue weighted by Crippen LogP contribution is -1.73. The fourth-order valence-corrected chi connectivity index (χ4v) is 1.89. The Morgan fingerprint density at radius 3 is 2.76 bits per heavy atom. The van der Waals surface area contributed by atoms with E-state index < -0.39 is 0 Å². The zero-order valence-corrected chi connectivity index (χ0v) is 10.9. The van der Waals surface area contributed by atoms with Crippen LogP contribution in [0.1, 0.15) is 26.2 Å². The lowest BCUT2D eigenvalue weighted by Gasteiger charge is -1.97. The van der Waals surface area contributed by atoms with Gasteiger partial charge in [-0.05, 0) is 18.6 Å². The largest absolute Gasteiger partial charge is 0.114 e. The SMILES string of the molecule is C#C/C(=C\C#CCCCC)Sc1ccccc1. The highest BCUT2D eigenvalue weighted by Gasteiger charge is 1.95. The van der Waals surface area contributed by atoms with E-state index in [-0.39, 0.29) is 0 Å². The van der Waals surface area contributed by atoms with Gasteiger partial charge in [0.25, 0.3) is 0 Å². The van der Waals surface area contributed by atoms with E-state index >= 15 is 0 Å². The Bertz CT molecular complexity index is 452. The molecule has 0 aromatic heterocycles. The third kappa shape index (κ3) is 5.91. The summed E-state index contributed by atoms with van der Waals surface area (Å²) in [5.74, 6) is 8.78. The van der Waals surface area contributed by atoms with Gasteiger partial charge in [0.05, 0.1) is 4.91 Å². The molecule has 0 N–H and O–H groups in total. The monoisotopic (exact) mass is 240 g/mol. The molecule has 0 aliphatic rings. The second-order valence-electron chi connectivity index (χ2n) is 3.49. The normalized spacial score (nSPS) is 10.2. The molecule has 1 aromatic carbocycles. The molecule has 0 bridgehead atoms. The van der Waals surface area contributed by atoms with Crippen LogP contribution in [0.3, 0.4) is 0 Å². The highest BCUT2D eigenvalue weighted by atomic mass is 32.2. The summed E-state index contributed by atoms with van der Waals surface area (Å²) in [6, 6.07) is 10.1. The molecule has 1 aromatic rings. The lowest BCUT2D eigenvalue weighted by atomic mass is 10.2. The first-order chi connectivity index (χ1) is 8.36. The van der Waals surface area contributed by atoms with E-state index in [4.69, 9.17) is 6.42 Å². The number of hydrogen-bond acceptors (Lipinski definition) is 1. The molecule has 86 valence electrons. The summed E-state index contributed by atoms with van der Waals surface area (Å²) in [5, 5.41) is 0. The van der Waals surface area contributed by atoms with Crippen molar-refractivity contribution in [3.63, 3.8) is 0 Å². The van der Waals surface area contributed by atoms with Crippen molar-refractivity contribution in [3.8, 4) is 24.2 Å². The third-order valence-electron chi connectivity index (χ3n) is 2.07. The van der Waals surface area contributed by atoms with Crippen molar-refractivity contribution in [2.45, 2.75) is 31.1 Å². The highest BCUT2D eigenvalue weighted by molar-refractivity contribution is 8.03. The molecule has 0 aliphatic heterocycles. The maximum Gasteiger partial charge on any atom is 0.0702 e. The summed E-state index contributed by atoms with van der Waals surface area (Å²) < 4.78 is 0. The molecule has 0 spiro atoms. The predicted octanol–water partition coefficient (Wildman–Crippen LogP) is 4.49. The topological polar surface area (TPSA) is 0 Å². The van der Waals surface area contributed by atoms with E-state index in [0.29, 0.717) is 0 Å². The summed E-state index contributed by atoms with van der Waals surface area (Å²) in [4.78, 5) is 2.01. The number of unbranched alkanes of at least 4 members (excludes halogenated alkanes) is 2. The van der Waals surface area contributed by atoms with Gasteiger partial charge in [0.15, 0.2) is 0 Å². The van der Waals surface area contributed by atoms with Crippen LogP contribution in [0.2, 0.25) is 0 Å². The van der Waals surface area contributed by atoms with Gasteiger partial charge in [0, 0.05) is 17.4 Å². The van der Waals surface area contributed by atoms with Crippen LogP contribution in [-0.4, -0.2) is 0 Å². The Labute approximate surface area is 109 Å². The second kappa shape index (κ2) is 8.57. The molecule has 0 saturated carbocycles. The van der Waals surface area contributed by atoms with Crippen molar-refractivity contribution in [2.24, 2.45) is 0 Å². The van der Waals surface area contributed by atoms with Crippen LogP contribution in [-0.2, 0) is 0 Å². The summed E-state index contributed by atoms with van der Waals surface area (Å²) in [6.45, 7) is 2.16. The lowest BCUT2D eigenvalue weighted by molar-refractivity contribution is 0.828. The van der Waals surface area contributed by atoms with Crippen LogP contribution >= 0.6 is 11.8 Å². The molecular formula is C16H16S. The molecule has 0 atom stereocenters. The smallest absolute Gasteiger partial charge is 0.0702 e. The standard InChI is InChI=1S/C16H16S/c1-3-5-6-7-9-12-15(4-2)17-16-13-10-8-11-14-16/h2,8,10-14H,3,5-6H2,1H3/b15-12+. The minimum Gasteiger partial charge on any atom is -0.114 e. The molecule has 1 heteroatoms. The maximum absolute atomic E-state index is 5.45. The Morgan fingerprint density at radius 1 is 1.35 bits per heavy atom. The zero-order valence-electron chi connectivity index (χ0n) is 10.1. The number of benzene rings is 1. The zero-order chi connectivity index (χ0) is 12.3. The van der Waals surface area contributed by atoms with E-state index in [0.717, 1.165) is 22.6 Å². The maximum atomic E-state index is 5.45. The van der Waals surface area contributed by atoms with Gasteiger partial charge in [-0.25, -0.2) is 0 Å². The van der Waals surface area contributed by atoms with Gasteiger partial charge in [-0.2, -0.15) is 0 Å². The van der Waals surface area contributed by atoms with Gasteiger partial charge in [-0.15, -0.1) is 6.42 Å². The first-order valence-corrected chi connectivity index (χ1v) is 6.56. The molecule has 0 aliphatic carbocycles. The summed E-state index contributed by atoms with van der Waals surface area (Å²) in [5.41, 5.74) is 0. The van der Waals surface area contributed by atoms with Crippen LogP contribution < -0.4 is 0 Å². The molecule has 0 nitrogen and oxygen atoms in total. The Kier molecular flexibility index (Phi) is 6.80. The average Bonchev–Trinajstić information content (AvgIpc) is 2.38. The third-order valence-corrected chi connectivity index (χ3v) is 3.04. The van der Waals surface area contributed by atoms with Crippen molar-refractivity contribution in [2.75, 3.05) is 0 Å². The van der Waals surface area contributed by atoms with Gasteiger partial charge in [-0.3, -0.25) is 0 Å². The van der Waals surface area contributed by atoms with Gasteiger partial charge in [0.2, 0.25) is 0 Å². The Balaban J connectivity index is 2.56. The Morgan fingerprint density at radius 2 is 2.12 bits per heavy atom. The van der Waals surface area contributed by atoms with Gasteiger partial charge >= 0.3 is 0 Å². The van der Waals surface area contributed by atoms with Gasteiger partial charge in [0.1, 0.15) is 0 Å². The van der Waals surface area contributed by atoms with Crippen LogP contribution in [0, 0.1) is 24.2 Å². The number of thioether (sulfide) groups is 1. The van der Waals surface area contributed by atoms with Crippen LogP contribution in [0.4, 0.5) is 0 Å². The van der Waals surface area contributed by atoms with E-state index in [9.17, 15) is 0 Å². The number of hydrogen-bond donors (Lipinski definition) is 0. The van der Waals surface area contributed by atoms with Crippen molar-refractivity contribution in [1.82, 2.24) is 0 Å². The minimum atomic E-state index is 0.861. The van der Waals surface area contributed by atoms with Crippen molar-refractivity contribution in [3.05, 3.63) is 41.3 Å². The first kappa shape index (κ1) is 13.5. The molecule has 0 amide bonds. The molecule has 0 unspecified atom stereocenters. The molecule has 1 rings (SSSR count). The summed E-state index contributed by atoms with van der Waals surface area (Å²) in [7, 11) is 0. The van der Waals surface area contributed by atoms with Crippen LogP contribution in [0.15, 0.2) is 46.2 Å². The van der Waals surface area contributed by atoms with Crippen molar-refractivity contribution >= 4 is 11.8 Å². The van der Waals surface area contributed by atoms with E-state index in [1.165, 1.54) is 6.42 Å². The summed E-state index contributed by atoms with van der Waals surface area (Å²) >= 11 is 1.57. The quantitative estimate of drug-likeness (QED) is 0.424. The second-order valence-corrected chi connectivity index (χ2v) is 4.61. The van der Waals surface area contributed by atoms with E-state index in [1.807, 2.05) is 36.4 Å². The highest BCUT2D eigenvalue weighted by Crippen LogP contribution is 2.24. The fourth-order valence-electron chi connectivity index (χ4n) is 1.17. The molecule has 17 heavy (non-hydrogen) atoms. The molecular weight excluding hydrogens is 224 g/mol. The molecule has 0 radical (unpaired) electrons. The van der Waals surface area contributed by atoms with Crippen LogP contribution in [0.5, 0.6) is 0 Å². The predicted molar refractivity (Wildman–Crippen MR) is 76.5 cm³/mol. The molecule has 0 heterocycles. The fraction of sp³-hybridized carbons (Fsp3) is 0.250. The minimum absolute atomic E-state index is 0.861. The summed E-state index contributed by atoms with van der Waals surface area (Å²) in [6.07, 6.45) is 10.6. The van der Waals surface area contributed by atoms with E-state index in [1.54, 1.807) is 11.8 Å². The van der Waals surface area contributed by atoms with Crippen LogP contribution in [0.25, 0.3) is 0 Å². The first-order valence-electron chi connectivity index (χ1n) is 5.75. The van der Waals surface area contributed by atoms with Gasteiger partial charge in [-0.1, -0.05) is 61.1 Å². The van der Waals surface area contributed by atoms with Crippen molar-refractivity contribution in [1.29, 1.82) is 0 Å². The average molecular weight is 240 g/mol. The van der Waals surface area contributed by atoms with Gasteiger partial charge < -0.3 is 0 Å². The number of allylic oxidation sites excluding steroid dienone is 2. The van der Waals surface area contributed by atoms with E-state index in [2.05, 4.69) is 24.7 Å². The number of terminal acetylenes is 1. The molecule has 0 saturated heterocycles. The Hall–Kier alpha value is -1.57.